The Hall–Kier alpha value is -3.72. The predicted octanol–water partition coefficient (Wildman–Crippen LogP) is 3.02. The molecule has 1 atom stereocenters. The highest BCUT2D eigenvalue weighted by Crippen LogP contribution is 2.35. The molecule has 0 saturated carbocycles. The van der Waals surface area contributed by atoms with Crippen molar-refractivity contribution >= 4 is 23.4 Å². The van der Waals surface area contributed by atoms with Crippen molar-refractivity contribution in [2.75, 3.05) is 13.1 Å². The third kappa shape index (κ3) is 3.62. The van der Waals surface area contributed by atoms with Crippen molar-refractivity contribution in [2.24, 2.45) is 0 Å². The number of amides is 2. The molecule has 2 aliphatic rings. The Kier molecular flexibility index (Phi) is 5.36. The van der Waals surface area contributed by atoms with Gasteiger partial charge in [0, 0.05) is 42.5 Å². The fourth-order valence-electron chi connectivity index (χ4n) is 4.52. The Morgan fingerprint density at radius 3 is 2.74 bits per heavy atom. The molecule has 2 aromatic carbocycles. The number of rotatable bonds is 3. The lowest BCUT2D eigenvalue weighted by Gasteiger charge is -2.35. The van der Waals surface area contributed by atoms with E-state index < -0.39 is 46.2 Å². The molecular formula is C24H18ClF2N3O4. The fraction of sp³-hybridized carbons (Fsp3) is 0.208. The summed E-state index contributed by atoms with van der Waals surface area (Å²) < 4.78 is 28.5. The minimum absolute atomic E-state index is 0.0254. The van der Waals surface area contributed by atoms with Crippen LogP contribution in [0.15, 0.2) is 47.4 Å². The van der Waals surface area contributed by atoms with Gasteiger partial charge in [0.2, 0.25) is 5.43 Å². The number of nitrogens with one attached hydrogen (secondary N) is 1. The first-order chi connectivity index (χ1) is 16.2. The summed E-state index contributed by atoms with van der Waals surface area (Å²) in [6.45, 7) is 0.386. The number of hydrogen-bond acceptors (Lipinski definition) is 4. The monoisotopic (exact) mass is 485 g/mol. The van der Waals surface area contributed by atoms with Crippen LogP contribution in [0.5, 0.6) is 5.75 Å². The van der Waals surface area contributed by atoms with E-state index in [1.165, 1.54) is 16.8 Å². The molecule has 0 aliphatic carbocycles. The number of aromatic hydroxyl groups is 1. The van der Waals surface area contributed by atoms with Gasteiger partial charge in [0.25, 0.3) is 11.8 Å². The quantitative estimate of drug-likeness (QED) is 0.596. The molecule has 5 rings (SSSR count). The van der Waals surface area contributed by atoms with E-state index >= 15 is 0 Å². The highest BCUT2D eigenvalue weighted by Gasteiger charge is 2.38. The van der Waals surface area contributed by atoms with Crippen LogP contribution < -0.4 is 10.7 Å². The van der Waals surface area contributed by atoms with Crippen LogP contribution in [0.2, 0.25) is 5.02 Å². The Morgan fingerprint density at radius 1 is 1.18 bits per heavy atom. The van der Waals surface area contributed by atoms with Crippen LogP contribution >= 0.6 is 11.6 Å². The second-order valence-electron chi connectivity index (χ2n) is 8.25. The molecule has 7 nitrogen and oxygen atoms in total. The van der Waals surface area contributed by atoms with Gasteiger partial charge in [0.1, 0.15) is 17.2 Å². The number of carbonyl (C=O) groups excluding carboxylic acids is 2. The summed E-state index contributed by atoms with van der Waals surface area (Å²) in [4.78, 5) is 40.2. The van der Waals surface area contributed by atoms with Crippen LogP contribution in [0.4, 0.5) is 8.78 Å². The summed E-state index contributed by atoms with van der Waals surface area (Å²) in [5.41, 5.74) is 0.223. The summed E-state index contributed by atoms with van der Waals surface area (Å²) >= 11 is 6.15. The van der Waals surface area contributed by atoms with E-state index in [4.69, 9.17) is 11.6 Å². The van der Waals surface area contributed by atoms with Crippen LogP contribution in [0.25, 0.3) is 0 Å². The van der Waals surface area contributed by atoms with Crippen molar-refractivity contribution in [3.05, 3.63) is 97.4 Å². The Morgan fingerprint density at radius 2 is 1.97 bits per heavy atom. The molecule has 3 aromatic rings. The van der Waals surface area contributed by atoms with E-state index in [1.807, 2.05) is 12.1 Å². The number of halogens is 3. The summed E-state index contributed by atoms with van der Waals surface area (Å²) in [5, 5.41) is 13.6. The van der Waals surface area contributed by atoms with Crippen LogP contribution in [-0.4, -0.2) is 39.5 Å². The SMILES string of the molecule is O=C(NCc1ccc(F)cc1F)c1cn2c(c(O)c1=O)C(=O)N1CCc3cc(Cl)ccc3[C@H]2C1. The van der Waals surface area contributed by atoms with Crippen molar-refractivity contribution in [1.82, 2.24) is 14.8 Å². The molecule has 0 spiro atoms. The van der Waals surface area contributed by atoms with Crippen LogP contribution in [-0.2, 0) is 13.0 Å². The third-order valence-corrected chi connectivity index (χ3v) is 6.48. The zero-order valence-corrected chi connectivity index (χ0v) is 18.4. The number of pyridine rings is 1. The van der Waals surface area contributed by atoms with Crippen molar-refractivity contribution in [3.8, 4) is 5.75 Å². The Bertz CT molecular complexity index is 1420. The van der Waals surface area contributed by atoms with E-state index in [9.17, 15) is 28.3 Å². The number of hydrogen-bond donors (Lipinski definition) is 2. The van der Waals surface area contributed by atoms with Gasteiger partial charge in [-0.25, -0.2) is 8.78 Å². The number of aromatic nitrogens is 1. The van der Waals surface area contributed by atoms with E-state index in [-0.39, 0.29) is 17.8 Å². The molecule has 2 N–H and O–H groups in total. The summed E-state index contributed by atoms with van der Waals surface area (Å²) in [7, 11) is 0. The normalized spacial score (nSPS) is 16.5. The van der Waals surface area contributed by atoms with Crippen LogP contribution in [0.1, 0.15) is 43.6 Å². The van der Waals surface area contributed by atoms with Crippen molar-refractivity contribution < 1.29 is 23.5 Å². The summed E-state index contributed by atoms with van der Waals surface area (Å²) in [6.07, 6.45) is 1.80. The first-order valence-electron chi connectivity index (χ1n) is 10.5. The summed E-state index contributed by atoms with van der Waals surface area (Å²) in [5.74, 6) is -3.79. The van der Waals surface area contributed by atoms with Crippen molar-refractivity contribution in [2.45, 2.75) is 19.0 Å². The highest BCUT2D eigenvalue weighted by atomic mass is 35.5. The molecule has 0 unspecified atom stereocenters. The van der Waals surface area contributed by atoms with Crippen molar-refractivity contribution in [3.63, 3.8) is 0 Å². The second kappa shape index (κ2) is 8.25. The molecule has 10 heteroatoms. The number of carbonyl (C=O) groups is 2. The molecule has 0 fully saturated rings. The maximum atomic E-state index is 13.9. The van der Waals surface area contributed by atoms with Gasteiger partial charge in [0.15, 0.2) is 11.4 Å². The third-order valence-electron chi connectivity index (χ3n) is 6.24. The zero-order valence-electron chi connectivity index (χ0n) is 17.6. The van der Waals surface area contributed by atoms with E-state index in [2.05, 4.69) is 5.32 Å². The average Bonchev–Trinajstić information content (AvgIpc) is 2.96. The lowest BCUT2D eigenvalue weighted by Crippen LogP contribution is -2.45. The molecule has 174 valence electrons. The van der Waals surface area contributed by atoms with E-state index in [0.717, 1.165) is 17.2 Å². The maximum absolute atomic E-state index is 13.9. The molecule has 1 aromatic heterocycles. The first kappa shape index (κ1) is 22.1. The molecule has 0 saturated heterocycles. The average molecular weight is 486 g/mol. The number of nitrogens with zero attached hydrogens (tertiary/aromatic N) is 2. The Balaban J connectivity index is 1.55. The van der Waals surface area contributed by atoms with Gasteiger partial charge in [-0.3, -0.25) is 14.4 Å². The van der Waals surface area contributed by atoms with Crippen LogP contribution in [0.3, 0.4) is 0 Å². The van der Waals surface area contributed by atoms with E-state index in [1.54, 1.807) is 11.0 Å². The molecular weight excluding hydrogens is 468 g/mol. The molecule has 2 bridgehead atoms. The van der Waals surface area contributed by atoms with Crippen LogP contribution in [0, 0.1) is 11.6 Å². The predicted molar refractivity (Wildman–Crippen MR) is 119 cm³/mol. The molecule has 3 heterocycles. The smallest absolute Gasteiger partial charge is 0.274 e. The van der Waals surface area contributed by atoms with Gasteiger partial charge < -0.3 is 19.9 Å². The molecule has 34 heavy (non-hydrogen) atoms. The van der Waals surface area contributed by atoms with E-state index in [0.29, 0.717) is 30.6 Å². The van der Waals surface area contributed by atoms with Gasteiger partial charge in [0.05, 0.1) is 6.04 Å². The minimum Gasteiger partial charge on any atom is -0.503 e. The lowest BCUT2D eigenvalue weighted by molar-refractivity contribution is 0.0686. The fourth-order valence-corrected chi connectivity index (χ4v) is 4.71. The van der Waals surface area contributed by atoms with Gasteiger partial charge in [-0.1, -0.05) is 23.7 Å². The number of fused-ring (bicyclic) bond motifs is 6. The standard InChI is InChI=1S/C24H18ClF2N3O4/c25-14-2-4-16-12(7-14)5-6-29-11-19(16)30-10-17(21(31)22(32)20(30)24(29)34)23(33)28-9-13-1-3-15(26)8-18(13)27/h1-4,7-8,10,19,32H,5-6,9,11H2,(H,28,33)/t19-/m1/s1. The lowest BCUT2D eigenvalue weighted by atomic mass is 9.97. The van der Waals surface area contributed by atoms with Gasteiger partial charge >= 0.3 is 0 Å². The van der Waals surface area contributed by atoms with Gasteiger partial charge in [-0.15, -0.1) is 0 Å². The minimum atomic E-state index is -1.01. The van der Waals surface area contributed by atoms with Crippen molar-refractivity contribution in [1.29, 1.82) is 0 Å². The maximum Gasteiger partial charge on any atom is 0.274 e. The topological polar surface area (TPSA) is 91.6 Å². The zero-order chi connectivity index (χ0) is 24.1. The van der Waals surface area contributed by atoms with Gasteiger partial charge in [-0.2, -0.15) is 0 Å². The largest absolute Gasteiger partial charge is 0.503 e. The number of benzene rings is 2. The molecule has 0 radical (unpaired) electrons. The molecule has 2 aliphatic heterocycles. The van der Waals surface area contributed by atoms with Gasteiger partial charge in [-0.05, 0) is 35.7 Å². The molecule has 2 amide bonds. The summed E-state index contributed by atoms with van der Waals surface area (Å²) in [6, 6.07) is 7.84. The second-order valence-corrected chi connectivity index (χ2v) is 8.69. The Labute approximate surface area is 197 Å². The first-order valence-corrected chi connectivity index (χ1v) is 10.9. The highest BCUT2D eigenvalue weighted by molar-refractivity contribution is 6.30.